The molecule has 2 aliphatic rings. The smallest absolute Gasteiger partial charge is 0.354 e. The molecule has 1 saturated heterocycles. The van der Waals surface area contributed by atoms with Crippen LogP contribution in [0.3, 0.4) is 0 Å². The summed E-state index contributed by atoms with van der Waals surface area (Å²) in [6.07, 6.45) is 3.54. The molecule has 10 nitrogen and oxygen atoms in total. The number of nitrogens with zero attached hydrogens (tertiary/aromatic N) is 6. The number of imidazole rings is 1. The summed E-state index contributed by atoms with van der Waals surface area (Å²) in [4.78, 5) is 27.3. The van der Waals surface area contributed by atoms with Crippen LogP contribution in [0.4, 0.5) is 8.78 Å². The zero-order chi connectivity index (χ0) is 30.8. The zero-order valence-corrected chi connectivity index (χ0v) is 24.4. The van der Waals surface area contributed by atoms with Crippen molar-refractivity contribution in [2.24, 2.45) is 5.41 Å². The Kier molecular flexibility index (Phi) is 8.33. The third-order valence-electron chi connectivity index (χ3n) is 8.13. The van der Waals surface area contributed by atoms with Crippen molar-refractivity contribution in [1.29, 1.82) is 5.26 Å². The van der Waals surface area contributed by atoms with Crippen LogP contribution in [0, 0.1) is 28.4 Å². The van der Waals surface area contributed by atoms with Crippen molar-refractivity contribution in [2.75, 3.05) is 13.1 Å². The molecule has 0 atom stereocenters. The maximum absolute atomic E-state index is 14.4. The number of carbonyl (C=O) groups is 1. The lowest BCUT2D eigenvalue weighted by atomic mass is 10.0. The highest BCUT2D eigenvalue weighted by molar-refractivity contribution is 6.30. The van der Waals surface area contributed by atoms with Gasteiger partial charge in [-0.25, -0.2) is 28.5 Å². The minimum absolute atomic E-state index is 0.00214. The van der Waals surface area contributed by atoms with Crippen molar-refractivity contribution < 1.29 is 28.2 Å². The number of ether oxygens (including phenoxy) is 2. The van der Waals surface area contributed by atoms with E-state index in [4.69, 9.17) is 26.1 Å². The number of fused-ring (bicyclic) bond motifs is 1. The van der Waals surface area contributed by atoms with E-state index in [1.165, 1.54) is 30.3 Å². The van der Waals surface area contributed by atoms with Crippen LogP contribution in [-0.2, 0) is 19.7 Å². The van der Waals surface area contributed by atoms with Crippen LogP contribution < -0.4 is 9.47 Å². The van der Waals surface area contributed by atoms with Gasteiger partial charge < -0.3 is 19.1 Å². The fourth-order valence-corrected chi connectivity index (χ4v) is 5.61. The second-order valence-corrected chi connectivity index (χ2v) is 11.8. The van der Waals surface area contributed by atoms with Crippen LogP contribution in [0.15, 0.2) is 42.5 Å². The Morgan fingerprint density at radius 1 is 1.09 bits per heavy atom. The molecule has 1 aliphatic carbocycles. The Hall–Kier alpha value is -4.34. The first-order valence-electron chi connectivity index (χ1n) is 14.3. The molecule has 0 amide bonds. The summed E-state index contributed by atoms with van der Waals surface area (Å²) in [6.45, 7) is 2.23. The second-order valence-electron chi connectivity index (χ2n) is 11.3. The lowest BCUT2D eigenvalue weighted by Gasteiger charge is -2.32. The topological polar surface area (TPSA) is 126 Å². The number of nitriles is 1. The average Bonchev–Trinajstić information content (AvgIpc) is 3.68. The number of piperidine rings is 1. The summed E-state index contributed by atoms with van der Waals surface area (Å²) in [5.74, 6) is -1.36. The largest absolute Gasteiger partial charge is 0.484 e. The van der Waals surface area contributed by atoms with Gasteiger partial charge in [-0.3, -0.25) is 4.90 Å². The van der Waals surface area contributed by atoms with E-state index in [0.717, 1.165) is 24.7 Å². The van der Waals surface area contributed by atoms with E-state index < -0.39 is 17.6 Å². The van der Waals surface area contributed by atoms with Crippen LogP contribution in [-0.4, -0.2) is 54.7 Å². The summed E-state index contributed by atoms with van der Waals surface area (Å²) in [6, 6.07) is 12.1. The molecule has 3 aromatic heterocycles. The SMILES string of the molecule is N#CCC1(Cn2c(CN3CCC(Oc4ccc(F)c(COc5ccc(Cl)cc5F)n4)CC3)nc3ccc(C(=O)O)nc32)CC1. The molecule has 44 heavy (non-hydrogen) atoms. The van der Waals surface area contributed by atoms with E-state index >= 15 is 0 Å². The number of benzene rings is 1. The van der Waals surface area contributed by atoms with Crippen molar-refractivity contribution in [3.05, 3.63) is 76.3 Å². The van der Waals surface area contributed by atoms with E-state index in [2.05, 4.69) is 20.9 Å². The number of halogens is 3. The first-order chi connectivity index (χ1) is 21.2. The van der Waals surface area contributed by atoms with E-state index in [0.29, 0.717) is 56.6 Å². The minimum Gasteiger partial charge on any atom is -0.484 e. The molecule has 1 aliphatic heterocycles. The Labute approximate surface area is 256 Å². The van der Waals surface area contributed by atoms with Crippen molar-refractivity contribution >= 4 is 28.7 Å². The van der Waals surface area contributed by atoms with Gasteiger partial charge in [0.1, 0.15) is 35.6 Å². The average molecular weight is 623 g/mol. The zero-order valence-electron chi connectivity index (χ0n) is 23.7. The molecule has 228 valence electrons. The maximum atomic E-state index is 14.4. The van der Waals surface area contributed by atoms with Gasteiger partial charge in [0.15, 0.2) is 22.9 Å². The van der Waals surface area contributed by atoms with Crippen LogP contribution in [0.1, 0.15) is 54.1 Å². The third-order valence-corrected chi connectivity index (χ3v) is 8.37. The molecule has 1 saturated carbocycles. The number of hydrogen-bond donors (Lipinski definition) is 1. The predicted octanol–water partition coefficient (Wildman–Crippen LogP) is 5.77. The highest BCUT2D eigenvalue weighted by atomic mass is 35.5. The van der Waals surface area contributed by atoms with E-state index in [-0.39, 0.29) is 46.2 Å². The third kappa shape index (κ3) is 6.59. The van der Waals surface area contributed by atoms with Crippen LogP contribution >= 0.6 is 11.6 Å². The van der Waals surface area contributed by atoms with Gasteiger partial charge in [-0.2, -0.15) is 5.26 Å². The van der Waals surface area contributed by atoms with Gasteiger partial charge in [0.25, 0.3) is 0 Å². The second kappa shape index (κ2) is 12.3. The number of aromatic carboxylic acids is 1. The monoisotopic (exact) mass is 622 g/mol. The highest BCUT2D eigenvalue weighted by Gasteiger charge is 2.43. The number of aromatic nitrogens is 4. The molecule has 1 N–H and O–H groups in total. The van der Waals surface area contributed by atoms with Gasteiger partial charge in [-0.15, -0.1) is 0 Å². The summed E-state index contributed by atoms with van der Waals surface area (Å²) >= 11 is 5.77. The summed E-state index contributed by atoms with van der Waals surface area (Å²) in [5.41, 5.74) is 0.959. The molecule has 13 heteroatoms. The first kappa shape index (κ1) is 29.7. The molecule has 1 aromatic carbocycles. The molecular formula is C31H29ClF2N6O4. The molecule has 4 aromatic rings. The summed E-state index contributed by atoms with van der Waals surface area (Å²) < 4.78 is 41.9. The van der Waals surface area contributed by atoms with E-state index in [9.17, 15) is 23.9 Å². The van der Waals surface area contributed by atoms with Gasteiger partial charge in [-0.05, 0) is 62.1 Å². The lowest BCUT2D eigenvalue weighted by Crippen LogP contribution is -2.38. The fraction of sp³-hybridized carbons (Fsp3) is 0.387. The summed E-state index contributed by atoms with van der Waals surface area (Å²) in [5, 5.41) is 19.1. The Bertz CT molecular complexity index is 1750. The molecule has 0 unspecified atom stereocenters. The van der Waals surface area contributed by atoms with Crippen LogP contribution in [0.25, 0.3) is 11.2 Å². The molecule has 0 bridgehead atoms. The molecule has 4 heterocycles. The molecule has 0 spiro atoms. The highest BCUT2D eigenvalue weighted by Crippen LogP contribution is 2.50. The maximum Gasteiger partial charge on any atom is 0.354 e. The number of pyridine rings is 2. The predicted molar refractivity (Wildman–Crippen MR) is 155 cm³/mol. The van der Waals surface area contributed by atoms with Crippen molar-refractivity contribution in [3.63, 3.8) is 0 Å². The quantitative estimate of drug-likeness (QED) is 0.222. The van der Waals surface area contributed by atoms with Crippen molar-refractivity contribution in [1.82, 2.24) is 24.4 Å². The molecule has 0 radical (unpaired) electrons. The normalized spacial score (nSPS) is 16.5. The van der Waals surface area contributed by atoms with Crippen LogP contribution in [0.2, 0.25) is 5.02 Å². The minimum atomic E-state index is -1.10. The van der Waals surface area contributed by atoms with Gasteiger partial charge in [0, 0.05) is 42.6 Å². The van der Waals surface area contributed by atoms with Gasteiger partial charge >= 0.3 is 5.97 Å². The van der Waals surface area contributed by atoms with Crippen molar-refractivity contribution in [3.8, 4) is 17.7 Å². The van der Waals surface area contributed by atoms with Crippen molar-refractivity contribution in [2.45, 2.75) is 57.9 Å². The summed E-state index contributed by atoms with van der Waals surface area (Å²) in [7, 11) is 0. The van der Waals surface area contributed by atoms with Crippen LogP contribution in [0.5, 0.6) is 11.6 Å². The lowest BCUT2D eigenvalue weighted by molar-refractivity contribution is 0.0690. The van der Waals surface area contributed by atoms with E-state index in [1.54, 1.807) is 6.07 Å². The molecule has 2 fully saturated rings. The Morgan fingerprint density at radius 3 is 2.59 bits per heavy atom. The van der Waals surface area contributed by atoms with Gasteiger partial charge in [-0.1, -0.05) is 11.6 Å². The fourth-order valence-electron chi connectivity index (χ4n) is 5.45. The number of carboxylic acid groups (broad SMARTS) is 1. The number of likely N-dealkylation sites (tertiary alicyclic amines) is 1. The Morgan fingerprint density at radius 2 is 1.89 bits per heavy atom. The van der Waals surface area contributed by atoms with E-state index in [1.807, 2.05) is 4.57 Å². The standard InChI is InChI=1S/C31H29ClF2N6O4/c32-19-1-5-26(22(34)15-19)43-17-25-21(33)2-6-28(37-25)44-20-7-13-39(14-8-20)16-27-36-23-3-4-24(30(41)42)38-29(23)40(27)18-31(9-10-31)11-12-35/h1-6,15,20H,7-11,13-14,16-18H2,(H,41,42). The number of carboxylic acids is 1. The van der Waals surface area contributed by atoms with Gasteiger partial charge in [0.05, 0.1) is 12.6 Å². The first-order valence-corrected chi connectivity index (χ1v) is 14.7. The number of rotatable bonds is 11. The van der Waals surface area contributed by atoms with Gasteiger partial charge in [0.2, 0.25) is 5.88 Å². The molecule has 6 rings (SSSR count). The number of hydrogen-bond acceptors (Lipinski definition) is 8. The molecular weight excluding hydrogens is 594 g/mol. The Balaban J connectivity index is 1.10.